The Balaban J connectivity index is 1.36. The fourth-order valence-corrected chi connectivity index (χ4v) is 3.87. The molecule has 1 aliphatic heterocycles. The maximum Gasteiger partial charge on any atom is 0.234 e. The first-order valence-corrected chi connectivity index (χ1v) is 10.0. The molecule has 1 heterocycles. The van der Waals surface area contributed by atoms with Crippen molar-refractivity contribution in [2.45, 2.75) is 31.6 Å². The number of carbonyl (C=O) groups is 1. The predicted molar refractivity (Wildman–Crippen MR) is 108 cm³/mol. The molecule has 5 nitrogen and oxygen atoms in total. The Morgan fingerprint density at radius 1 is 1.11 bits per heavy atom. The van der Waals surface area contributed by atoms with Gasteiger partial charge in [0, 0.05) is 25.2 Å². The smallest absolute Gasteiger partial charge is 0.234 e. The van der Waals surface area contributed by atoms with Crippen molar-refractivity contribution in [3.63, 3.8) is 0 Å². The van der Waals surface area contributed by atoms with E-state index in [4.69, 9.17) is 9.47 Å². The fourth-order valence-electron chi connectivity index (χ4n) is 3.87. The van der Waals surface area contributed by atoms with E-state index in [0.29, 0.717) is 19.0 Å². The van der Waals surface area contributed by atoms with Crippen molar-refractivity contribution >= 4 is 5.91 Å². The maximum absolute atomic E-state index is 12.6. The van der Waals surface area contributed by atoms with Gasteiger partial charge in [0.2, 0.25) is 5.91 Å². The maximum atomic E-state index is 12.6. The van der Waals surface area contributed by atoms with Gasteiger partial charge in [-0.05, 0) is 30.4 Å². The van der Waals surface area contributed by atoms with Crippen molar-refractivity contribution < 1.29 is 14.3 Å². The van der Waals surface area contributed by atoms with Gasteiger partial charge in [0.1, 0.15) is 5.75 Å². The molecule has 148 valence electrons. The third kappa shape index (κ3) is 4.72. The second-order valence-electron chi connectivity index (χ2n) is 7.69. The molecule has 0 bridgehead atoms. The minimum Gasteiger partial charge on any atom is -0.496 e. The van der Waals surface area contributed by atoms with Gasteiger partial charge < -0.3 is 14.8 Å². The van der Waals surface area contributed by atoms with Crippen molar-refractivity contribution in [2.75, 3.05) is 26.7 Å². The van der Waals surface area contributed by atoms with Gasteiger partial charge >= 0.3 is 0 Å². The third-order valence-corrected chi connectivity index (χ3v) is 5.56. The molecule has 0 radical (unpaired) electrons. The molecule has 2 aromatic rings. The molecular weight excluding hydrogens is 352 g/mol. The number of rotatable bonds is 7. The lowest BCUT2D eigenvalue weighted by molar-refractivity contribution is -0.129. The highest BCUT2D eigenvalue weighted by atomic mass is 16.5. The van der Waals surface area contributed by atoms with Gasteiger partial charge in [-0.3, -0.25) is 9.69 Å². The van der Waals surface area contributed by atoms with Crippen molar-refractivity contribution in [1.29, 1.82) is 0 Å². The average molecular weight is 380 g/mol. The van der Waals surface area contributed by atoms with Crippen LogP contribution in [0, 0.1) is 5.92 Å². The first-order valence-electron chi connectivity index (χ1n) is 10.0. The molecule has 2 aromatic carbocycles. The largest absolute Gasteiger partial charge is 0.496 e. The number of para-hydroxylation sites is 1. The van der Waals surface area contributed by atoms with E-state index in [1.54, 1.807) is 7.11 Å². The van der Waals surface area contributed by atoms with Crippen LogP contribution in [0.3, 0.4) is 0 Å². The zero-order chi connectivity index (χ0) is 19.3. The first-order chi connectivity index (χ1) is 13.7. The van der Waals surface area contributed by atoms with E-state index in [1.807, 2.05) is 42.5 Å². The summed E-state index contributed by atoms with van der Waals surface area (Å²) in [5.74, 6) is 1.48. The molecule has 2 atom stereocenters. The highest BCUT2D eigenvalue weighted by molar-refractivity contribution is 5.78. The van der Waals surface area contributed by atoms with E-state index in [9.17, 15) is 4.79 Å². The highest BCUT2D eigenvalue weighted by Crippen LogP contribution is 2.39. The molecule has 5 heteroatoms. The van der Waals surface area contributed by atoms with Crippen molar-refractivity contribution in [2.24, 2.45) is 5.92 Å². The zero-order valence-electron chi connectivity index (χ0n) is 16.3. The summed E-state index contributed by atoms with van der Waals surface area (Å²) in [7, 11) is 1.65. The van der Waals surface area contributed by atoms with Gasteiger partial charge in [0.25, 0.3) is 0 Å². The first kappa shape index (κ1) is 19.0. The van der Waals surface area contributed by atoms with Crippen LogP contribution in [0.4, 0.5) is 0 Å². The van der Waals surface area contributed by atoms with E-state index in [-0.39, 0.29) is 18.1 Å². The number of carbonyl (C=O) groups excluding carboxylic acids is 1. The number of nitrogens with zero attached hydrogens (tertiary/aromatic N) is 1. The summed E-state index contributed by atoms with van der Waals surface area (Å²) >= 11 is 0. The van der Waals surface area contributed by atoms with E-state index in [2.05, 4.69) is 22.3 Å². The topological polar surface area (TPSA) is 50.8 Å². The molecule has 1 aliphatic carbocycles. The monoisotopic (exact) mass is 380 g/mol. The Bertz CT molecular complexity index is 791. The van der Waals surface area contributed by atoms with Crippen LogP contribution in [0.2, 0.25) is 0 Å². The third-order valence-electron chi connectivity index (χ3n) is 5.56. The average Bonchev–Trinajstić information content (AvgIpc) is 3.58. The quantitative estimate of drug-likeness (QED) is 0.802. The molecule has 1 amide bonds. The number of methoxy groups -OCH3 is 1. The van der Waals surface area contributed by atoms with E-state index in [0.717, 1.165) is 24.4 Å². The van der Waals surface area contributed by atoms with Crippen molar-refractivity contribution in [3.05, 3.63) is 65.7 Å². The highest BCUT2D eigenvalue weighted by Gasteiger charge is 2.39. The summed E-state index contributed by atoms with van der Waals surface area (Å²) in [4.78, 5) is 14.8. The van der Waals surface area contributed by atoms with E-state index >= 15 is 0 Å². The molecule has 0 unspecified atom stereocenters. The van der Waals surface area contributed by atoms with Crippen LogP contribution in [0.5, 0.6) is 5.75 Å². The molecule has 28 heavy (non-hydrogen) atoms. The summed E-state index contributed by atoms with van der Waals surface area (Å²) in [6, 6.07) is 18.1. The second kappa shape index (κ2) is 8.76. The molecule has 1 saturated carbocycles. The van der Waals surface area contributed by atoms with Gasteiger partial charge in [-0.25, -0.2) is 0 Å². The lowest BCUT2D eigenvalue weighted by Gasteiger charge is -2.38. The predicted octanol–water partition coefficient (Wildman–Crippen LogP) is 3.16. The summed E-state index contributed by atoms with van der Waals surface area (Å²) < 4.78 is 11.7. The zero-order valence-corrected chi connectivity index (χ0v) is 16.3. The van der Waals surface area contributed by atoms with Crippen LogP contribution in [-0.4, -0.2) is 43.7 Å². The number of nitrogens with one attached hydrogen (secondary N) is 1. The number of amides is 1. The number of morpholine rings is 1. The van der Waals surface area contributed by atoms with Gasteiger partial charge in [-0.1, -0.05) is 48.5 Å². The molecule has 0 aromatic heterocycles. The summed E-state index contributed by atoms with van der Waals surface area (Å²) in [5.41, 5.74) is 2.17. The fraction of sp³-hybridized carbons (Fsp3) is 0.435. The van der Waals surface area contributed by atoms with Crippen LogP contribution in [0.1, 0.15) is 30.1 Å². The van der Waals surface area contributed by atoms with Gasteiger partial charge in [0.05, 0.1) is 25.9 Å². The van der Waals surface area contributed by atoms with E-state index < -0.39 is 0 Å². The van der Waals surface area contributed by atoms with Gasteiger partial charge in [-0.2, -0.15) is 0 Å². The summed E-state index contributed by atoms with van der Waals surface area (Å²) in [6.07, 6.45) is 2.73. The lowest BCUT2D eigenvalue weighted by Crippen LogP contribution is -2.48. The lowest BCUT2D eigenvalue weighted by atomic mass is 10.0. The minimum absolute atomic E-state index is 0.0302. The summed E-state index contributed by atoms with van der Waals surface area (Å²) in [6.45, 7) is 2.44. The molecule has 1 saturated heterocycles. The second-order valence-corrected chi connectivity index (χ2v) is 7.69. The van der Waals surface area contributed by atoms with Crippen LogP contribution in [-0.2, 0) is 16.1 Å². The Morgan fingerprint density at radius 3 is 2.61 bits per heavy atom. The van der Waals surface area contributed by atoms with Crippen LogP contribution in [0.25, 0.3) is 0 Å². The molecule has 1 N–H and O–H groups in total. The van der Waals surface area contributed by atoms with Crippen LogP contribution in [0.15, 0.2) is 54.6 Å². The molecule has 2 aliphatic rings. The Labute approximate surface area is 166 Å². The Morgan fingerprint density at radius 2 is 1.86 bits per heavy atom. The number of benzene rings is 2. The standard InChI is InChI=1S/C23H28N2O3/c1-27-20-10-6-5-9-19(20)13-24-23(26)16-25-14-21(17-7-3-2-4-8-17)28-22(15-25)18-11-12-18/h2-10,18,21-22H,11-16H2,1H3,(H,24,26)/t21-,22+/m0/s1. The van der Waals surface area contributed by atoms with Gasteiger partial charge in [0.15, 0.2) is 0 Å². The minimum atomic E-state index is 0.0302. The SMILES string of the molecule is COc1ccccc1CNC(=O)CN1C[C@@H](c2ccccc2)O[C@@H](C2CC2)C1. The van der Waals surface area contributed by atoms with Crippen molar-refractivity contribution in [3.8, 4) is 5.75 Å². The number of hydrogen-bond donors (Lipinski definition) is 1. The molecular formula is C23H28N2O3. The molecule has 0 spiro atoms. The van der Waals surface area contributed by atoms with Crippen molar-refractivity contribution in [1.82, 2.24) is 10.2 Å². The molecule has 2 fully saturated rings. The number of ether oxygens (including phenoxy) is 2. The summed E-state index contributed by atoms with van der Waals surface area (Å²) in [5, 5.41) is 3.03. The van der Waals surface area contributed by atoms with Crippen LogP contribution < -0.4 is 10.1 Å². The van der Waals surface area contributed by atoms with Gasteiger partial charge in [-0.15, -0.1) is 0 Å². The van der Waals surface area contributed by atoms with E-state index in [1.165, 1.54) is 18.4 Å². The molecule has 4 rings (SSSR count). The Kier molecular flexibility index (Phi) is 5.93. The Hall–Kier alpha value is -2.37. The van der Waals surface area contributed by atoms with Crippen LogP contribution >= 0.6 is 0 Å². The normalized spacial score (nSPS) is 22.6. The number of hydrogen-bond acceptors (Lipinski definition) is 4.